The Hall–Kier alpha value is -1.91. The molecule has 5 nitrogen and oxygen atoms in total. The standard InChI is InChI=1S/C9H13N5/c1-3-5-10-8-12-7-13-9(14-8)11-6-4-2/h3-4,7H,1-2,5-6H2,(H2,10,11,12,13,14). The third-order valence-corrected chi connectivity index (χ3v) is 1.38. The smallest absolute Gasteiger partial charge is 0.227 e. The van der Waals surface area contributed by atoms with E-state index in [1.165, 1.54) is 6.33 Å². The maximum absolute atomic E-state index is 4.11. The summed E-state index contributed by atoms with van der Waals surface area (Å²) in [5, 5.41) is 5.93. The van der Waals surface area contributed by atoms with Crippen molar-refractivity contribution in [3.05, 3.63) is 31.6 Å². The molecule has 1 rings (SSSR count). The number of nitrogens with zero attached hydrogens (tertiary/aromatic N) is 3. The van der Waals surface area contributed by atoms with E-state index in [0.717, 1.165) is 0 Å². The van der Waals surface area contributed by atoms with Gasteiger partial charge in [0.05, 0.1) is 0 Å². The van der Waals surface area contributed by atoms with E-state index in [9.17, 15) is 0 Å². The molecule has 0 aromatic carbocycles. The van der Waals surface area contributed by atoms with Crippen LogP contribution >= 0.6 is 0 Å². The summed E-state index contributed by atoms with van der Waals surface area (Å²) in [6.07, 6.45) is 4.92. The molecule has 2 N–H and O–H groups in total. The van der Waals surface area contributed by atoms with Crippen molar-refractivity contribution in [3.63, 3.8) is 0 Å². The minimum Gasteiger partial charge on any atom is -0.351 e. The van der Waals surface area contributed by atoms with Crippen LogP contribution in [0.2, 0.25) is 0 Å². The van der Waals surface area contributed by atoms with Crippen LogP contribution in [0.5, 0.6) is 0 Å². The van der Waals surface area contributed by atoms with Gasteiger partial charge < -0.3 is 10.6 Å². The summed E-state index contributed by atoms with van der Waals surface area (Å²) < 4.78 is 0. The van der Waals surface area contributed by atoms with Crippen molar-refractivity contribution >= 4 is 11.9 Å². The van der Waals surface area contributed by atoms with Gasteiger partial charge in [-0.05, 0) is 0 Å². The molecule has 5 heteroatoms. The van der Waals surface area contributed by atoms with Crippen LogP contribution in [0.1, 0.15) is 0 Å². The van der Waals surface area contributed by atoms with Crippen LogP contribution in [-0.4, -0.2) is 28.0 Å². The Morgan fingerprint density at radius 3 is 2.00 bits per heavy atom. The van der Waals surface area contributed by atoms with Gasteiger partial charge >= 0.3 is 0 Å². The van der Waals surface area contributed by atoms with Crippen molar-refractivity contribution in [1.29, 1.82) is 0 Å². The maximum Gasteiger partial charge on any atom is 0.227 e. The first-order chi connectivity index (χ1) is 6.86. The van der Waals surface area contributed by atoms with Gasteiger partial charge in [0.2, 0.25) is 11.9 Å². The molecule has 1 aromatic heterocycles. The minimum absolute atomic E-state index is 0.534. The van der Waals surface area contributed by atoms with E-state index in [4.69, 9.17) is 0 Å². The predicted molar refractivity (Wildman–Crippen MR) is 57.2 cm³/mol. The summed E-state index contributed by atoms with van der Waals surface area (Å²) in [4.78, 5) is 12.0. The van der Waals surface area contributed by atoms with Crippen molar-refractivity contribution in [2.45, 2.75) is 0 Å². The highest BCUT2D eigenvalue weighted by molar-refractivity contribution is 5.33. The van der Waals surface area contributed by atoms with Crippen molar-refractivity contribution in [1.82, 2.24) is 15.0 Å². The van der Waals surface area contributed by atoms with Crippen molar-refractivity contribution in [3.8, 4) is 0 Å². The van der Waals surface area contributed by atoms with E-state index < -0.39 is 0 Å². The van der Waals surface area contributed by atoms with Gasteiger partial charge in [0.25, 0.3) is 0 Å². The molecule has 0 spiro atoms. The van der Waals surface area contributed by atoms with Crippen LogP contribution in [0.15, 0.2) is 31.6 Å². The predicted octanol–water partition coefficient (Wildman–Crippen LogP) is 1.07. The van der Waals surface area contributed by atoms with Crippen molar-refractivity contribution < 1.29 is 0 Å². The highest BCUT2D eigenvalue weighted by Gasteiger charge is 1.96. The van der Waals surface area contributed by atoms with Crippen LogP contribution in [0.3, 0.4) is 0 Å². The lowest BCUT2D eigenvalue weighted by Gasteiger charge is -2.03. The van der Waals surface area contributed by atoms with Crippen LogP contribution in [0.4, 0.5) is 11.9 Å². The second-order valence-electron chi connectivity index (χ2n) is 2.47. The molecule has 1 aromatic rings. The van der Waals surface area contributed by atoms with Crippen molar-refractivity contribution in [2.24, 2.45) is 0 Å². The Morgan fingerprint density at radius 2 is 1.57 bits per heavy atom. The second-order valence-corrected chi connectivity index (χ2v) is 2.47. The van der Waals surface area contributed by atoms with Crippen LogP contribution in [0, 0.1) is 0 Å². The van der Waals surface area contributed by atoms with E-state index in [0.29, 0.717) is 25.0 Å². The number of nitrogens with one attached hydrogen (secondary N) is 2. The zero-order chi connectivity index (χ0) is 10.2. The fourth-order valence-corrected chi connectivity index (χ4v) is 0.794. The molecule has 0 unspecified atom stereocenters. The SMILES string of the molecule is C=CCNc1ncnc(NCC=C)n1. The highest BCUT2D eigenvalue weighted by atomic mass is 15.2. The maximum atomic E-state index is 4.11. The van der Waals surface area contributed by atoms with Gasteiger partial charge in [0.1, 0.15) is 6.33 Å². The van der Waals surface area contributed by atoms with Crippen LogP contribution in [0.25, 0.3) is 0 Å². The molecule has 0 atom stereocenters. The molecule has 0 fully saturated rings. The van der Waals surface area contributed by atoms with E-state index in [1.54, 1.807) is 12.2 Å². The lowest BCUT2D eigenvalue weighted by atomic mass is 10.6. The summed E-state index contributed by atoms with van der Waals surface area (Å²) in [6, 6.07) is 0. The quantitative estimate of drug-likeness (QED) is 0.658. The molecule has 0 saturated carbocycles. The first-order valence-corrected chi connectivity index (χ1v) is 4.25. The Balaban J connectivity index is 2.58. The summed E-state index contributed by atoms with van der Waals surface area (Å²) in [5.41, 5.74) is 0. The average Bonchev–Trinajstić information content (AvgIpc) is 2.24. The first-order valence-electron chi connectivity index (χ1n) is 4.25. The zero-order valence-electron chi connectivity index (χ0n) is 7.90. The summed E-state index contributed by atoms with van der Waals surface area (Å²) in [5.74, 6) is 1.07. The number of anilines is 2. The average molecular weight is 191 g/mol. The number of aromatic nitrogens is 3. The molecular formula is C9H13N5. The molecule has 0 bridgehead atoms. The second kappa shape index (κ2) is 5.69. The topological polar surface area (TPSA) is 62.7 Å². The third-order valence-electron chi connectivity index (χ3n) is 1.38. The number of hydrogen-bond acceptors (Lipinski definition) is 5. The highest BCUT2D eigenvalue weighted by Crippen LogP contribution is 2.00. The third kappa shape index (κ3) is 3.22. The largest absolute Gasteiger partial charge is 0.351 e. The zero-order valence-corrected chi connectivity index (χ0v) is 7.90. The van der Waals surface area contributed by atoms with Gasteiger partial charge in [-0.2, -0.15) is 4.98 Å². The minimum atomic E-state index is 0.534. The van der Waals surface area contributed by atoms with Gasteiger partial charge in [0, 0.05) is 13.1 Å². The fourth-order valence-electron chi connectivity index (χ4n) is 0.794. The first kappa shape index (κ1) is 10.2. The normalized spacial score (nSPS) is 9.14. The Kier molecular flexibility index (Phi) is 4.13. The lowest BCUT2D eigenvalue weighted by Crippen LogP contribution is -2.08. The summed E-state index contributed by atoms with van der Waals surface area (Å²) in [6.45, 7) is 8.43. The molecule has 0 aliphatic heterocycles. The van der Waals surface area contributed by atoms with Gasteiger partial charge in [-0.3, -0.25) is 0 Å². The van der Waals surface area contributed by atoms with Crippen LogP contribution < -0.4 is 10.6 Å². The molecule has 0 radical (unpaired) electrons. The van der Waals surface area contributed by atoms with Crippen molar-refractivity contribution in [2.75, 3.05) is 23.7 Å². The Bertz CT molecular complexity index is 283. The monoisotopic (exact) mass is 191 g/mol. The van der Waals surface area contributed by atoms with E-state index in [1.807, 2.05) is 0 Å². The molecule has 1 heterocycles. The summed E-state index contributed by atoms with van der Waals surface area (Å²) in [7, 11) is 0. The Morgan fingerprint density at radius 1 is 1.07 bits per heavy atom. The molecule has 0 amide bonds. The molecule has 0 aliphatic rings. The lowest BCUT2D eigenvalue weighted by molar-refractivity contribution is 1.02. The number of rotatable bonds is 6. The Labute approximate surface area is 83.0 Å². The van der Waals surface area contributed by atoms with Gasteiger partial charge in [-0.1, -0.05) is 12.2 Å². The molecule has 14 heavy (non-hydrogen) atoms. The molecule has 0 saturated heterocycles. The van der Waals surface area contributed by atoms with E-state index in [2.05, 4.69) is 38.7 Å². The van der Waals surface area contributed by atoms with E-state index >= 15 is 0 Å². The fraction of sp³-hybridized carbons (Fsp3) is 0.222. The van der Waals surface area contributed by atoms with Gasteiger partial charge in [-0.15, -0.1) is 13.2 Å². The van der Waals surface area contributed by atoms with Crippen LogP contribution in [-0.2, 0) is 0 Å². The van der Waals surface area contributed by atoms with Gasteiger partial charge in [-0.25, -0.2) is 9.97 Å². The molecular weight excluding hydrogens is 178 g/mol. The number of hydrogen-bond donors (Lipinski definition) is 2. The van der Waals surface area contributed by atoms with E-state index in [-0.39, 0.29) is 0 Å². The van der Waals surface area contributed by atoms with Gasteiger partial charge in [0.15, 0.2) is 0 Å². The summed E-state index contributed by atoms with van der Waals surface area (Å²) >= 11 is 0. The molecule has 0 aliphatic carbocycles. The molecule has 74 valence electrons.